The summed E-state index contributed by atoms with van der Waals surface area (Å²) >= 11 is 14.6. The fourth-order valence-electron chi connectivity index (χ4n) is 5.60. The Bertz CT molecular complexity index is 1590. The number of hydrogen-bond acceptors (Lipinski definition) is 7. The van der Waals surface area contributed by atoms with Crippen molar-refractivity contribution < 1.29 is 24.1 Å². The van der Waals surface area contributed by atoms with Crippen molar-refractivity contribution in [2.24, 2.45) is 0 Å². The number of methoxy groups -OCH3 is 2. The van der Waals surface area contributed by atoms with E-state index in [2.05, 4.69) is 0 Å². The number of aromatic nitrogens is 1. The average molecular weight is 611 g/mol. The first-order chi connectivity index (χ1) is 19.8. The van der Waals surface area contributed by atoms with E-state index in [-0.39, 0.29) is 11.9 Å². The van der Waals surface area contributed by atoms with E-state index in [1.807, 2.05) is 54.6 Å². The first-order valence-corrected chi connectivity index (χ1v) is 15.0. The van der Waals surface area contributed by atoms with E-state index in [0.717, 1.165) is 35.2 Å². The molecule has 41 heavy (non-hydrogen) atoms. The minimum Gasteiger partial charge on any atom is -0.496 e. The third kappa shape index (κ3) is 5.44. The number of rotatable bonds is 9. The van der Waals surface area contributed by atoms with Crippen LogP contribution in [0.2, 0.25) is 10.0 Å². The number of carbonyl (C=O) groups excluding carboxylic acids is 1. The van der Waals surface area contributed by atoms with Crippen LogP contribution in [0.5, 0.6) is 11.5 Å². The molecular weight excluding hydrogens is 581 g/mol. The lowest BCUT2D eigenvalue weighted by molar-refractivity contribution is -0.0565. The number of hydrogen-bond donors (Lipinski definition) is 1. The van der Waals surface area contributed by atoms with E-state index in [4.69, 9.17) is 41.8 Å². The maximum atomic E-state index is 11.9. The van der Waals surface area contributed by atoms with Crippen molar-refractivity contribution in [3.63, 3.8) is 0 Å². The molecule has 3 aromatic carbocycles. The van der Waals surface area contributed by atoms with E-state index in [0.29, 0.717) is 58.0 Å². The summed E-state index contributed by atoms with van der Waals surface area (Å²) in [5, 5.41) is 12.6. The van der Waals surface area contributed by atoms with Gasteiger partial charge in [-0.15, -0.1) is 0 Å². The van der Waals surface area contributed by atoms with Crippen LogP contribution < -0.4 is 9.47 Å². The molecule has 0 spiro atoms. The summed E-state index contributed by atoms with van der Waals surface area (Å²) in [7, 11) is 2.96. The Kier molecular flexibility index (Phi) is 7.72. The number of nitrogens with zero attached hydrogens (tertiary/aromatic N) is 1. The molecule has 0 bridgehead atoms. The molecule has 0 atom stereocenters. The Labute approximate surface area is 253 Å². The number of halogens is 2. The summed E-state index contributed by atoms with van der Waals surface area (Å²) < 4.78 is 21.6. The fraction of sp³-hybridized carbons (Fsp3) is 0.312. The topological polar surface area (TPSA) is 77.9 Å². The third-order valence-corrected chi connectivity index (χ3v) is 9.65. The molecule has 2 fully saturated rings. The van der Waals surface area contributed by atoms with Crippen LogP contribution in [0.1, 0.15) is 69.4 Å². The minimum atomic E-state index is -1.04. The van der Waals surface area contributed by atoms with Gasteiger partial charge < -0.3 is 19.3 Å². The smallest absolute Gasteiger partial charge is 0.337 e. The molecule has 6 nitrogen and oxygen atoms in total. The maximum Gasteiger partial charge on any atom is 0.337 e. The molecule has 1 aromatic heterocycles. The van der Waals surface area contributed by atoms with Crippen LogP contribution in [-0.2, 0) is 16.9 Å². The zero-order valence-electron chi connectivity index (χ0n) is 22.7. The van der Waals surface area contributed by atoms with Gasteiger partial charge in [-0.25, -0.2) is 4.79 Å². The Morgan fingerprint density at radius 2 is 1.76 bits per heavy atom. The highest BCUT2D eigenvalue weighted by molar-refractivity contribution is 7.06. The highest BCUT2D eigenvalue weighted by atomic mass is 35.5. The molecule has 0 aliphatic heterocycles. The Morgan fingerprint density at radius 3 is 2.44 bits per heavy atom. The second kappa shape index (κ2) is 11.3. The van der Waals surface area contributed by atoms with Crippen molar-refractivity contribution in [3.05, 3.63) is 97.8 Å². The Balaban J connectivity index is 1.20. The van der Waals surface area contributed by atoms with Crippen LogP contribution in [0, 0.1) is 0 Å². The summed E-state index contributed by atoms with van der Waals surface area (Å²) in [6.45, 7) is 0.310. The molecule has 0 amide bonds. The van der Waals surface area contributed by atoms with Crippen LogP contribution in [0.3, 0.4) is 0 Å². The molecule has 0 unspecified atom stereocenters. The fourth-order valence-corrected chi connectivity index (χ4v) is 7.22. The predicted octanol–water partition coefficient (Wildman–Crippen LogP) is 8.13. The summed E-state index contributed by atoms with van der Waals surface area (Å²) in [6.07, 6.45) is 3.31. The normalized spacial score (nSPS) is 19.9. The number of ether oxygens (including phenoxy) is 3. The summed E-state index contributed by atoms with van der Waals surface area (Å²) in [4.78, 5) is 13.2. The van der Waals surface area contributed by atoms with Gasteiger partial charge in [-0.3, -0.25) is 0 Å². The number of aliphatic hydroxyl groups is 1. The second-order valence-electron chi connectivity index (χ2n) is 10.6. The van der Waals surface area contributed by atoms with Crippen LogP contribution >= 0.6 is 34.7 Å². The Morgan fingerprint density at radius 1 is 1.02 bits per heavy atom. The van der Waals surface area contributed by atoms with Gasteiger partial charge in [0.25, 0.3) is 0 Å². The van der Waals surface area contributed by atoms with E-state index in [9.17, 15) is 9.90 Å². The van der Waals surface area contributed by atoms with Gasteiger partial charge in [0.1, 0.15) is 18.1 Å². The summed E-state index contributed by atoms with van der Waals surface area (Å²) in [5.41, 5.74) is 3.68. The molecule has 0 saturated heterocycles. The van der Waals surface area contributed by atoms with Gasteiger partial charge in [0.2, 0.25) is 0 Å². The zero-order chi connectivity index (χ0) is 28.7. The van der Waals surface area contributed by atoms with Gasteiger partial charge in [0.15, 0.2) is 0 Å². The lowest BCUT2D eigenvalue weighted by Crippen LogP contribution is -2.40. The molecule has 4 aromatic rings. The van der Waals surface area contributed by atoms with Crippen LogP contribution in [0.15, 0.2) is 60.7 Å². The molecule has 2 aliphatic carbocycles. The first kappa shape index (κ1) is 28.0. The molecule has 1 N–H and O–H groups in total. The lowest BCUT2D eigenvalue weighted by Gasteiger charge is -2.45. The standard InChI is InChI=1S/C32H29Cl2NO5S/c1-38-27-14-22(11-12-24(27)32(37)15-21(16-32)19-5-3-6-20(13-19)31(36)39-2)40-17-23-29(35-41-30(23)18-9-10-18)28-25(33)7-4-8-26(28)34/h3-8,11-14,18,21,37H,9-10,15-17H2,1-2H3. The molecule has 1 heterocycles. The van der Waals surface area contributed by atoms with Crippen LogP contribution in [-0.4, -0.2) is 29.7 Å². The predicted molar refractivity (Wildman–Crippen MR) is 161 cm³/mol. The van der Waals surface area contributed by atoms with Crippen molar-refractivity contribution in [2.45, 2.75) is 49.7 Å². The number of esters is 1. The number of benzene rings is 3. The van der Waals surface area contributed by atoms with Gasteiger partial charge in [0.05, 0.1) is 41.1 Å². The van der Waals surface area contributed by atoms with Crippen molar-refractivity contribution in [1.82, 2.24) is 4.37 Å². The van der Waals surface area contributed by atoms with Crippen molar-refractivity contribution >= 4 is 40.7 Å². The summed E-state index contributed by atoms with van der Waals surface area (Å²) in [5.74, 6) is 1.43. The third-order valence-electron chi connectivity index (χ3n) is 7.97. The van der Waals surface area contributed by atoms with Gasteiger partial charge in [0, 0.05) is 27.6 Å². The van der Waals surface area contributed by atoms with Gasteiger partial charge in [-0.05, 0) is 91.0 Å². The quantitative estimate of drug-likeness (QED) is 0.193. The van der Waals surface area contributed by atoms with E-state index >= 15 is 0 Å². The SMILES string of the molecule is COC(=O)c1cccc(C2CC(O)(c3ccc(OCc4c(-c5c(Cl)cccc5Cl)nsc4C4CC4)cc3OC)C2)c1. The maximum absolute atomic E-state index is 11.9. The average Bonchev–Trinajstić information content (AvgIpc) is 3.73. The number of carbonyl (C=O) groups is 1. The van der Waals surface area contributed by atoms with Crippen molar-refractivity contribution in [3.8, 4) is 22.8 Å². The lowest BCUT2D eigenvalue weighted by atomic mass is 9.64. The first-order valence-electron chi connectivity index (χ1n) is 13.5. The molecule has 6 rings (SSSR count). The highest BCUT2D eigenvalue weighted by Crippen LogP contribution is 2.53. The van der Waals surface area contributed by atoms with E-state index in [1.165, 1.54) is 23.5 Å². The highest BCUT2D eigenvalue weighted by Gasteiger charge is 2.46. The monoisotopic (exact) mass is 609 g/mol. The largest absolute Gasteiger partial charge is 0.496 e. The molecular formula is C32H29Cl2NO5S. The van der Waals surface area contributed by atoms with E-state index < -0.39 is 5.60 Å². The minimum absolute atomic E-state index is 0.118. The van der Waals surface area contributed by atoms with Crippen molar-refractivity contribution in [1.29, 1.82) is 0 Å². The Hall–Kier alpha value is -3.10. The molecule has 212 valence electrons. The molecule has 2 aliphatic rings. The zero-order valence-corrected chi connectivity index (χ0v) is 25.0. The molecule has 9 heteroatoms. The summed E-state index contributed by atoms with van der Waals surface area (Å²) in [6, 6.07) is 18.4. The van der Waals surface area contributed by atoms with Crippen LogP contribution in [0.25, 0.3) is 11.3 Å². The van der Waals surface area contributed by atoms with Crippen LogP contribution in [0.4, 0.5) is 0 Å². The molecule has 0 radical (unpaired) electrons. The molecule has 2 saturated carbocycles. The van der Waals surface area contributed by atoms with Gasteiger partial charge in [-0.1, -0.05) is 41.4 Å². The van der Waals surface area contributed by atoms with Gasteiger partial charge in [-0.2, -0.15) is 4.37 Å². The van der Waals surface area contributed by atoms with E-state index in [1.54, 1.807) is 13.2 Å². The van der Waals surface area contributed by atoms with Crippen molar-refractivity contribution in [2.75, 3.05) is 14.2 Å². The second-order valence-corrected chi connectivity index (χ2v) is 12.3. The van der Waals surface area contributed by atoms with Gasteiger partial charge >= 0.3 is 5.97 Å².